The van der Waals surface area contributed by atoms with Crippen molar-refractivity contribution in [3.8, 4) is 0 Å². The third kappa shape index (κ3) is 1.46. The molecule has 0 aliphatic heterocycles. The molecule has 13 heavy (non-hydrogen) atoms. The molecule has 2 aromatic rings. The third-order valence-corrected chi connectivity index (χ3v) is 3.13. The molecule has 0 atom stereocenters. The van der Waals surface area contributed by atoms with Gasteiger partial charge in [-0.15, -0.1) is 11.3 Å². The Labute approximate surface area is 82.4 Å². The molecule has 1 nitrogen and oxygen atoms in total. The van der Waals surface area contributed by atoms with E-state index in [1.165, 1.54) is 15.8 Å². The summed E-state index contributed by atoms with van der Waals surface area (Å²) in [6.07, 6.45) is 0. The summed E-state index contributed by atoms with van der Waals surface area (Å²) < 4.78 is 1.29. The highest BCUT2D eigenvalue weighted by atomic mass is 32.1. The average molecular weight is 191 g/mol. The fourth-order valence-corrected chi connectivity index (χ4v) is 2.40. The fraction of sp³-hybridized carbons (Fsp3) is 0.364. The number of benzene rings is 1. The molecule has 0 amide bonds. The van der Waals surface area contributed by atoms with Crippen molar-refractivity contribution in [1.29, 1.82) is 0 Å². The number of nitrogens with zero attached hydrogens (tertiary/aromatic N) is 1. The zero-order valence-electron chi connectivity index (χ0n) is 8.16. The highest BCUT2D eigenvalue weighted by molar-refractivity contribution is 7.16. The Morgan fingerprint density at radius 2 is 2.08 bits per heavy atom. The lowest BCUT2D eigenvalue weighted by atomic mass is 9.98. The van der Waals surface area contributed by atoms with Crippen LogP contribution in [0.1, 0.15) is 30.9 Å². The zero-order chi connectivity index (χ0) is 9.42. The van der Waals surface area contributed by atoms with Crippen molar-refractivity contribution in [2.45, 2.75) is 26.7 Å². The van der Waals surface area contributed by atoms with Gasteiger partial charge in [-0.1, -0.05) is 13.8 Å². The van der Waals surface area contributed by atoms with Gasteiger partial charge in [-0.05, 0) is 36.1 Å². The molecule has 0 unspecified atom stereocenters. The quantitative estimate of drug-likeness (QED) is 0.669. The van der Waals surface area contributed by atoms with Crippen molar-refractivity contribution in [2.75, 3.05) is 0 Å². The van der Waals surface area contributed by atoms with E-state index in [4.69, 9.17) is 0 Å². The molecule has 0 aliphatic carbocycles. The molecule has 0 aliphatic rings. The zero-order valence-corrected chi connectivity index (χ0v) is 8.98. The summed E-state index contributed by atoms with van der Waals surface area (Å²) in [7, 11) is 0. The maximum atomic E-state index is 4.32. The monoisotopic (exact) mass is 191 g/mol. The predicted octanol–water partition coefficient (Wildman–Crippen LogP) is 3.73. The van der Waals surface area contributed by atoms with Gasteiger partial charge < -0.3 is 0 Å². The van der Waals surface area contributed by atoms with E-state index in [-0.39, 0.29) is 0 Å². The lowest BCUT2D eigenvalue weighted by Crippen LogP contribution is -1.91. The Balaban J connectivity index is 2.69. The molecule has 0 saturated heterocycles. The number of aryl methyl sites for hydroxylation is 1. The Morgan fingerprint density at radius 1 is 1.31 bits per heavy atom. The van der Waals surface area contributed by atoms with Gasteiger partial charge in [0.15, 0.2) is 0 Å². The Hall–Kier alpha value is -0.890. The van der Waals surface area contributed by atoms with Gasteiger partial charge in [0.05, 0.1) is 15.7 Å². The summed E-state index contributed by atoms with van der Waals surface area (Å²) in [5.74, 6) is 0.589. The van der Waals surface area contributed by atoms with E-state index in [9.17, 15) is 0 Å². The molecule has 1 aromatic carbocycles. The van der Waals surface area contributed by atoms with Crippen LogP contribution in [0.25, 0.3) is 10.2 Å². The molecule has 2 heteroatoms. The van der Waals surface area contributed by atoms with Crippen LogP contribution in [0.3, 0.4) is 0 Å². The van der Waals surface area contributed by atoms with Gasteiger partial charge in [0.2, 0.25) is 0 Å². The van der Waals surface area contributed by atoms with Crippen LogP contribution in [-0.4, -0.2) is 4.98 Å². The molecule has 68 valence electrons. The van der Waals surface area contributed by atoms with E-state index in [0.717, 1.165) is 5.52 Å². The summed E-state index contributed by atoms with van der Waals surface area (Å²) in [6, 6.07) is 4.45. The van der Waals surface area contributed by atoms with Crippen LogP contribution < -0.4 is 0 Å². The first kappa shape index (κ1) is 8.70. The van der Waals surface area contributed by atoms with Crippen molar-refractivity contribution in [1.82, 2.24) is 4.98 Å². The summed E-state index contributed by atoms with van der Waals surface area (Å²) in [5, 5.41) is 0. The van der Waals surface area contributed by atoms with Crippen LogP contribution >= 0.6 is 11.3 Å². The summed E-state index contributed by atoms with van der Waals surface area (Å²) in [5.41, 5.74) is 5.85. The van der Waals surface area contributed by atoms with Crippen LogP contribution in [0.5, 0.6) is 0 Å². The van der Waals surface area contributed by atoms with Gasteiger partial charge in [0.25, 0.3) is 0 Å². The minimum absolute atomic E-state index is 0.589. The van der Waals surface area contributed by atoms with E-state index in [2.05, 4.69) is 37.9 Å². The maximum absolute atomic E-state index is 4.32. The largest absolute Gasteiger partial charge is 0.245 e. The summed E-state index contributed by atoms with van der Waals surface area (Å²) >= 11 is 1.71. The minimum Gasteiger partial charge on any atom is -0.245 e. The third-order valence-electron chi connectivity index (χ3n) is 2.34. The smallest absolute Gasteiger partial charge is 0.0815 e. The van der Waals surface area contributed by atoms with Crippen molar-refractivity contribution in [2.24, 2.45) is 0 Å². The van der Waals surface area contributed by atoms with Gasteiger partial charge in [-0.3, -0.25) is 0 Å². The maximum Gasteiger partial charge on any atom is 0.0815 e. The van der Waals surface area contributed by atoms with Crippen LogP contribution in [0.4, 0.5) is 0 Å². The number of rotatable bonds is 1. The number of fused-ring (bicyclic) bond motifs is 1. The Bertz CT molecular complexity index is 429. The van der Waals surface area contributed by atoms with Gasteiger partial charge in [-0.2, -0.15) is 0 Å². The van der Waals surface area contributed by atoms with Crippen LogP contribution in [-0.2, 0) is 0 Å². The Kier molecular flexibility index (Phi) is 2.08. The first-order valence-corrected chi connectivity index (χ1v) is 5.40. The highest BCUT2D eigenvalue weighted by Crippen LogP contribution is 2.26. The fourth-order valence-electron chi connectivity index (χ4n) is 1.64. The van der Waals surface area contributed by atoms with Crippen molar-refractivity contribution >= 4 is 21.6 Å². The van der Waals surface area contributed by atoms with Crippen molar-refractivity contribution in [3.63, 3.8) is 0 Å². The van der Waals surface area contributed by atoms with Crippen LogP contribution in [0.15, 0.2) is 17.6 Å². The molecule has 0 radical (unpaired) electrons. The number of hydrogen-bond acceptors (Lipinski definition) is 2. The summed E-state index contributed by atoms with van der Waals surface area (Å²) in [4.78, 5) is 4.32. The molecule has 0 bridgehead atoms. The second-order valence-electron chi connectivity index (χ2n) is 3.68. The first-order chi connectivity index (χ1) is 6.18. The van der Waals surface area contributed by atoms with Crippen LogP contribution in [0.2, 0.25) is 0 Å². The van der Waals surface area contributed by atoms with Gasteiger partial charge in [-0.25, -0.2) is 4.98 Å². The Morgan fingerprint density at radius 3 is 2.77 bits per heavy atom. The molecular weight excluding hydrogens is 178 g/mol. The second kappa shape index (κ2) is 3.11. The molecule has 0 spiro atoms. The molecule has 1 heterocycles. The highest BCUT2D eigenvalue weighted by Gasteiger charge is 2.06. The van der Waals surface area contributed by atoms with Crippen molar-refractivity contribution < 1.29 is 0 Å². The molecule has 0 fully saturated rings. The topological polar surface area (TPSA) is 12.9 Å². The summed E-state index contributed by atoms with van der Waals surface area (Å²) in [6.45, 7) is 6.62. The molecular formula is C11H13NS. The number of thiazole rings is 1. The predicted molar refractivity (Wildman–Crippen MR) is 58.4 cm³/mol. The van der Waals surface area contributed by atoms with E-state index in [0.29, 0.717) is 5.92 Å². The van der Waals surface area contributed by atoms with Gasteiger partial charge in [0, 0.05) is 0 Å². The van der Waals surface area contributed by atoms with E-state index in [1.807, 2.05) is 5.51 Å². The van der Waals surface area contributed by atoms with E-state index < -0.39 is 0 Å². The molecule has 2 rings (SSSR count). The van der Waals surface area contributed by atoms with Gasteiger partial charge in [0.1, 0.15) is 0 Å². The lowest BCUT2D eigenvalue weighted by molar-refractivity contribution is 0.858. The number of hydrogen-bond donors (Lipinski definition) is 0. The van der Waals surface area contributed by atoms with E-state index >= 15 is 0 Å². The van der Waals surface area contributed by atoms with Crippen molar-refractivity contribution in [3.05, 3.63) is 28.8 Å². The van der Waals surface area contributed by atoms with Crippen LogP contribution in [0, 0.1) is 6.92 Å². The minimum atomic E-state index is 0.589. The number of aromatic nitrogens is 1. The normalized spacial score (nSPS) is 11.4. The lowest BCUT2D eigenvalue weighted by Gasteiger charge is -2.08. The standard InChI is InChI=1S/C11H13NS/c1-7(2)9-5-10-11(4-8(9)3)13-6-12-10/h4-7H,1-3H3. The average Bonchev–Trinajstić information content (AvgIpc) is 2.48. The SMILES string of the molecule is Cc1cc2scnc2cc1C(C)C. The van der Waals surface area contributed by atoms with E-state index in [1.54, 1.807) is 11.3 Å². The molecule has 1 aromatic heterocycles. The second-order valence-corrected chi connectivity index (χ2v) is 4.57. The molecule has 0 saturated carbocycles. The molecule has 0 N–H and O–H groups in total. The first-order valence-electron chi connectivity index (χ1n) is 4.52. The van der Waals surface area contributed by atoms with Gasteiger partial charge >= 0.3 is 0 Å².